The summed E-state index contributed by atoms with van der Waals surface area (Å²) in [6, 6.07) is 16.3. The molecule has 3 rings (SSSR count). The summed E-state index contributed by atoms with van der Waals surface area (Å²) in [6.45, 7) is 3.61. The van der Waals surface area contributed by atoms with Crippen LogP contribution in [0.15, 0.2) is 65.6 Å². The highest BCUT2D eigenvalue weighted by Crippen LogP contribution is 2.29. The largest absolute Gasteiger partial charge is 0.493 e. The molecule has 0 heterocycles. The van der Waals surface area contributed by atoms with E-state index in [0.717, 1.165) is 5.56 Å². The molecule has 8 heteroatoms. The topological polar surface area (TPSA) is 82.1 Å². The summed E-state index contributed by atoms with van der Waals surface area (Å²) in [5.74, 6) is 0.623. The van der Waals surface area contributed by atoms with Crippen molar-refractivity contribution in [3.63, 3.8) is 0 Å². The minimum Gasteiger partial charge on any atom is -0.493 e. The maximum Gasteiger partial charge on any atom is 0.343 e. The second-order valence-electron chi connectivity index (χ2n) is 7.19. The fourth-order valence-corrected chi connectivity index (χ4v) is 4.63. The number of nitrogens with zero attached hydrogens (tertiary/aromatic N) is 1. The SMILES string of the molecule is COc1ccc(C(=O)Oc2ccc(N(C)S(=O)(=O)c3cc(C)ccc3C)cc2)cc1OC. The van der Waals surface area contributed by atoms with Crippen LogP contribution in [0.4, 0.5) is 5.69 Å². The van der Waals surface area contributed by atoms with Gasteiger partial charge in [0.1, 0.15) is 5.75 Å². The van der Waals surface area contributed by atoms with Crippen molar-refractivity contribution in [2.24, 2.45) is 0 Å². The summed E-state index contributed by atoms with van der Waals surface area (Å²) in [6.07, 6.45) is 0. The van der Waals surface area contributed by atoms with Crippen LogP contribution in [0.3, 0.4) is 0 Å². The highest BCUT2D eigenvalue weighted by molar-refractivity contribution is 7.92. The van der Waals surface area contributed by atoms with Gasteiger partial charge in [-0.15, -0.1) is 0 Å². The van der Waals surface area contributed by atoms with Gasteiger partial charge in [-0.25, -0.2) is 13.2 Å². The number of methoxy groups -OCH3 is 2. The van der Waals surface area contributed by atoms with Crippen LogP contribution < -0.4 is 18.5 Å². The molecule has 0 radical (unpaired) electrons. The standard InChI is InChI=1S/C24H25NO6S/c1-16-6-7-17(2)23(14-16)32(27,28)25(3)19-9-11-20(12-10-19)31-24(26)18-8-13-21(29-4)22(15-18)30-5/h6-15H,1-5H3. The van der Waals surface area contributed by atoms with E-state index in [0.29, 0.717) is 28.3 Å². The monoisotopic (exact) mass is 455 g/mol. The Labute approximate surface area is 188 Å². The first-order chi connectivity index (χ1) is 15.2. The smallest absolute Gasteiger partial charge is 0.343 e. The van der Waals surface area contributed by atoms with Gasteiger partial charge in [-0.05, 0) is 73.5 Å². The fourth-order valence-electron chi connectivity index (χ4n) is 3.12. The lowest BCUT2D eigenvalue weighted by atomic mass is 10.2. The molecule has 0 spiro atoms. The maximum atomic E-state index is 13.1. The molecule has 0 atom stereocenters. The summed E-state index contributed by atoms with van der Waals surface area (Å²) in [5, 5.41) is 0. The van der Waals surface area contributed by atoms with Gasteiger partial charge in [0.25, 0.3) is 10.0 Å². The lowest BCUT2D eigenvalue weighted by Crippen LogP contribution is -2.27. The third kappa shape index (κ3) is 4.70. The Kier molecular flexibility index (Phi) is 6.74. The first-order valence-electron chi connectivity index (χ1n) is 9.78. The molecule has 32 heavy (non-hydrogen) atoms. The Morgan fingerprint density at radius 2 is 1.50 bits per heavy atom. The zero-order valence-electron chi connectivity index (χ0n) is 18.6. The zero-order valence-corrected chi connectivity index (χ0v) is 19.4. The Bertz CT molecular complexity index is 1240. The van der Waals surface area contributed by atoms with Gasteiger partial charge in [-0.1, -0.05) is 12.1 Å². The number of sulfonamides is 1. The van der Waals surface area contributed by atoms with Gasteiger partial charge in [-0.2, -0.15) is 0 Å². The van der Waals surface area contributed by atoms with Crippen LogP contribution in [0.5, 0.6) is 17.2 Å². The summed E-state index contributed by atoms with van der Waals surface area (Å²) >= 11 is 0. The molecule has 0 bridgehead atoms. The van der Waals surface area contributed by atoms with Crippen LogP contribution in [0.2, 0.25) is 0 Å². The number of rotatable bonds is 7. The van der Waals surface area contributed by atoms with Crippen LogP contribution >= 0.6 is 0 Å². The molecule has 0 aliphatic carbocycles. The molecule has 7 nitrogen and oxygen atoms in total. The Balaban J connectivity index is 1.79. The highest BCUT2D eigenvalue weighted by atomic mass is 32.2. The number of carbonyl (C=O) groups is 1. The first kappa shape index (κ1) is 23.1. The van der Waals surface area contributed by atoms with Crippen molar-refractivity contribution in [2.75, 3.05) is 25.6 Å². The van der Waals surface area contributed by atoms with Crippen molar-refractivity contribution >= 4 is 21.7 Å². The van der Waals surface area contributed by atoms with Gasteiger partial charge in [0.15, 0.2) is 11.5 Å². The molecule has 168 valence electrons. The quantitative estimate of drug-likeness (QED) is 0.389. The van der Waals surface area contributed by atoms with E-state index in [9.17, 15) is 13.2 Å². The third-order valence-electron chi connectivity index (χ3n) is 5.01. The molecule has 0 N–H and O–H groups in total. The molecule has 0 aromatic heterocycles. The average molecular weight is 456 g/mol. The molecule has 0 saturated carbocycles. The number of hydrogen-bond donors (Lipinski definition) is 0. The summed E-state index contributed by atoms with van der Waals surface area (Å²) < 4.78 is 43.2. The lowest BCUT2D eigenvalue weighted by Gasteiger charge is -2.21. The summed E-state index contributed by atoms with van der Waals surface area (Å²) in [4.78, 5) is 12.7. The Morgan fingerprint density at radius 3 is 2.12 bits per heavy atom. The van der Waals surface area contributed by atoms with Crippen LogP contribution in [0.1, 0.15) is 21.5 Å². The molecular weight excluding hydrogens is 430 g/mol. The molecule has 0 unspecified atom stereocenters. The van der Waals surface area contributed by atoms with Gasteiger partial charge in [-0.3, -0.25) is 4.31 Å². The molecular formula is C24H25NO6S. The molecule has 0 aliphatic heterocycles. The van der Waals surface area contributed by atoms with E-state index in [2.05, 4.69) is 0 Å². The fraction of sp³-hybridized carbons (Fsp3) is 0.208. The molecule has 0 fully saturated rings. The second-order valence-corrected chi connectivity index (χ2v) is 9.13. The number of carbonyl (C=O) groups excluding carboxylic acids is 1. The van der Waals surface area contributed by atoms with Crippen LogP contribution in [0, 0.1) is 13.8 Å². The minimum atomic E-state index is -3.74. The van der Waals surface area contributed by atoms with Crippen LogP contribution in [-0.4, -0.2) is 35.7 Å². The van der Waals surface area contributed by atoms with Gasteiger partial charge in [0, 0.05) is 7.05 Å². The number of ether oxygens (including phenoxy) is 3. The van der Waals surface area contributed by atoms with Crippen molar-refractivity contribution < 1.29 is 27.4 Å². The van der Waals surface area contributed by atoms with Gasteiger partial charge >= 0.3 is 5.97 Å². The highest BCUT2D eigenvalue weighted by Gasteiger charge is 2.23. The van der Waals surface area contributed by atoms with Gasteiger partial charge in [0.05, 0.1) is 30.4 Å². The number of anilines is 1. The molecule has 3 aromatic rings. The zero-order chi connectivity index (χ0) is 23.5. The van der Waals surface area contributed by atoms with Crippen LogP contribution in [0.25, 0.3) is 0 Å². The minimum absolute atomic E-state index is 0.254. The lowest BCUT2D eigenvalue weighted by molar-refractivity contribution is 0.0734. The van der Waals surface area contributed by atoms with E-state index in [1.165, 1.54) is 31.6 Å². The number of aryl methyl sites for hydroxylation is 2. The summed E-state index contributed by atoms with van der Waals surface area (Å²) in [5.41, 5.74) is 2.26. The Morgan fingerprint density at radius 1 is 0.844 bits per heavy atom. The normalized spacial score (nSPS) is 11.0. The van der Waals surface area contributed by atoms with Crippen LogP contribution in [-0.2, 0) is 10.0 Å². The van der Waals surface area contributed by atoms with Crippen molar-refractivity contribution in [1.82, 2.24) is 0 Å². The first-order valence-corrected chi connectivity index (χ1v) is 11.2. The van der Waals surface area contributed by atoms with Crippen molar-refractivity contribution in [2.45, 2.75) is 18.7 Å². The summed E-state index contributed by atoms with van der Waals surface area (Å²) in [7, 11) is 0.739. The Hall–Kier alpha value is -3.52. The maximum absolute atomic E-state index is 13.1. The van der Waals surface area contributed by atoms with E-state index >= 15 is 0 Å². The predicted molar refractivity (Wildman–Crippen MR) is 122 cm³/mol. The van der Waals surface area contributed by atoms with Crippen molar-refractivity contribution in [3.8, 4) is 17.2 Å². The number of esters is 1. The molecule has 0 amide bonds. The number of benzene rings is 3. The molecule has 0 saturated heterocycles. The third-order valence-corrected chi connectivity index (χ3v) is 6.94. The average Bonchev–Trinajstić information content (AvgIpc) is 2.80. The van der Waals surface area contributed by atoms with Gasteiger partial charge in [0.2, 0.25) is 0 Å². The second kappa shape index (κ2) is 9.32. The van der Waals surface area contributed by atoms with Crippen molar-refractivity contribution in [1.29, 1.82) is 0 Å². The molecule has 3 aromatic carbocycles. The van der Waals surface area contributed by atoms with Crippen molar-refractivity contribution in [3.05, 3.63) is 77.4 Å². The molecule has 0 aliphatic rings. The van der Waals surface area contributed by atoms with E-state index in [4.69, 9.17) is 14.2 Å². The van der Waals surface area contributed by atoms with E-state index in [-0.39, 0.29) is 10.6 Å². The predicted octanol–water partition coefficient (Wildman–Crippen LogP) is 4.36. The van der Waals surface area contributed by atoms with E-state index < -0.39 is 16.0 Å². The number of hydrogen-bond acceptors (Lipinski definition) is 6. The van der Waals surface area contributed by atoms with Gasteiger partial charge < -0.3 is 14.2 Å². The van der Waals surface area contributed by atoms with E-state index in [1.54, 1.807) is 55.5 Å². The van der Waals surface area contributed by atoms with E-state index in [1.807, 2.05) is 13.0 Å².